The van der Waals surface area contributed by atoms with Gasteiger partial charge in [0.05, 0.1) is 12.4 Å². The SMILES string of the molecule is CCCC(N)C(CO)SCC(=O)OC(C)(C)C. The molecular weight excluding hydrogens is 238 g/mol. The summed E-state index contributed by atoms with van der Waals surface area (Å²) in [7, 11) is 0. The molecule has 4 nitrogen and oxygen atoms in total. The van der Waals surface area contributed by atoms with Crippen LogP contribution in [0.2, 0.25) is 0 Å². The molecule has 0 radical (unpaired) electrons. The Hall–Kier alpha value is -0.260. The summed E-state index contributed by atoms with van der Waals surface area (Å²) in [6, 6.07) is -0.0718. The van der Waals surface area contributed by atoms with Crippen molar-refractivity contribution in [2.45, 2.75) is 57.4 Å². The van der Waals surface area contributed by atoms with E-state index in [2.05, 4.69) is 0 Å². The highest BCUT2D eigenvalue weighted by atomic mass is 32.2. The summed E-state index contributed by atoms with van der Waals surface area (Å²) in [5.74, 6) is -0.0236. The number of esters is 1. The van der Waals surface area contributed by atoms with Gasteiger partial charge in [-0.05, 0) is 27.2 Å². The molecule has 3 N–H and O–H groups in total. The predicted molar refractivity (Wildman–Crippen MR) is 72.1 cm³/mol. The summed E-state index contributed by atoms with van der Waals surface area (Å²) >= 11 is 1.37. The summed E-state index contributed by atoms with van der Waals surface area (Å²) in [6.45, 7) is 7.55. The molecule has 0 aromatic heterocycles. The van der Waals surface area contributed by atoms with Crippen LogP contribution in [-0.2, 0) is 9.53 Å². The molecule has 0 bridgehead atoms. The molecule has 0 saturated carbocycles. The van der Waals surface area contributed by atoms with Crippen molar-refractivity contribution in [1.82, 2.24) is 0 Å². The standard InChI is InChI=1S/C12H25NO3S/c1-5-6-9(13)10(7-14)17-8-11(15)16-12(2,3)4/h9-10,14H,5-8,13H2,1-4H3. The Bertz CT molecular complexity index is 228. The van der Waals surface area contributed by atoms with E-state index >= 15 is 0 Å². The number of carbonyl (C=O) groups is 1. The minimum absolute atomic E-state index is 0.00533. The average molecular weight is 263 g/mol. The molecule has 0 aromatic rings. The summed E-state index contributed by atoms with van der Waals surface area (Å²) in [6.07, 6.45) is 1.83. The fourth-order valence-corrected chi connectivity index (χ4v) is 2.27. The van der Waals surface area contributed by atoms with E-state index in [-0.39, 0.29) is 29.6 Å². The quantitative estimate of drug-likeness (QED) is 0.682. The van der Waals surface area contributed by atoms with Gasteiger partial charge in [0.1, 0.15) is 5.60 Å². The van der Waals surface area contributed by atoms with Crippen molar-refractivity contribution < 1.29 is 14.6 Å². The lowest BCUT2D eigenvalue weighted by Crippen LogP contribution is -2.36. The van der Waals surface area contributed by atoms with Gasteiger partial charge in [0, 0.05) is 11.3 Å². The maximum atomic E-state index is 11.5. The highest BCUT2D eigenvalue weighted by Crippen LogP contribution is 2.18. The molecule has 5 heteroatoms. The van der Waals surface area contributed by atoms with Gasteiger partial charge in [-0.25, -0.2) is 0 Å². The van der Waals surface area contributed by atoms with E-state index in [0.717, 1.165) is 12.8 Å². The van der Waals surface area contributed by atoms with E-state index in [9.17, 15) is 9.90 Å². The molecule has 0 spiro atoms. The van der Waals surface area contributed by atoms with Gasteiger partial charge in [0.25, 0.3) is 0 Å². The summed E-state index contributed by atoms with van der Waals surface area (Å²) < 4.78 is 5.19. The minimum atomic E-state index is -0.460. The number of nitrogens with two attached hydrogens (primary N) is 1. The number of ether oxygens (including phenoxy) is 1. The van der Waals surface area contributed by atoms with E-state index in [4.69, 9.17) is 10.5 Å². The lowest BCUT2D eigenvalue weighted by atomic mass is 10.1. The van der Waals surface area contributed by atoms with Crippen molar-refractivity contribution in [3.63, 3.8) is 0 Å². The third-order valence-corrected chi connectivity index (χ3v) is 3.44. The molecule has 0 aromatic carbocycles. The van der Waals surface area contributed by atoms with Crippen LogP contribution in [-0.4, -0.2) is 40.3 Å². The molecule has 0 fully saturated rings. The Morgan fingerprint density at radius 3 is 2.47 bits per heavy atom. The highest BCUT2D eigenvalue weighted by Gasteiger charge is 2.21. The molecule has 0 saturated heterocycles. The van der Waals surface area contributed by atoms with Crippen LogP contribution in [0.15, 0.2) is 0 Å². The Kier molecular flexibility index (Phi) is 7.83. The van der Waals surface area contributed by atoms with E-state index in [1.54, 1.807) is 0 Å². The van der Waals surface area contributed by atoms with Crippen molar-refractivity contribution in [3.8, 4) is 0 Å². The Morgan fingerprint density at radius 2 is 2.06 bits per heavy atom. The third kappa shape index (κ3) is 8.46. The van der Waals surface area contributed by atoms with E-state index < -0.39 is 5.60 Å². The third-order valence-electron chi connectivity index (χ3n) is 2.11. The molecule has 0 aliphatic rings. The topological polar surface area (TPSA) is 72.5 Å². The van der Waals surface area contributed by atoms with Crippen LogP contribution in [0.1, 0.15) is 40.5 Å². The Morgan fingerprint density at radius 1 is 1.47 bits per heavy atom. The molecule has 0 aliphatic carbocycles. The maximum absolute atomic E-state index is 11.5. The molecular formula is C12H25NO3S. The first-order chi connectivity index (χ1) is 7.80. The Balaban J connectivity index is 4.02. The summed E-state index contributed by atoms with van der Waals surface area (Å²) in [4.78, 5) is 11.5. The van der Waals surface area contributed by atoms with Crippen molar-refractivity contribution in [3.05, 3.63) is 0 Å². The minimum Gasteiger partial charge on any atom is -0.459 e. The van der Waals surface area contributed by atoms with Crippen LogP contribution in [0.5, 0.6) is 0 Å². The van der Waals surface area contributed by atoms with Gasteiger partial charge in [-0.1, -0.05) is 13.3 Å². The number of hydrogen-bond acceptors (Lipinski definition) is 5. The van der Waals surface area contributed by atoms with Crippen LogP contribution in [0.3, 0.4) is 0 Å². The summed E-state index contributed by atoms with van der Waals surface area (Å²) in [5, 5.41) is 9.12. The van der Waals surface area contributed by atoms with Crippen LogP contribution in [0.25, 0.3) is 0 Å². The van der Waals surface area contributed by atoms with Crippen LogP contribution >= 0.6 is 11.8 Å². The average Bonchev–Trinajstić information content (AvgIpc) is 2.16. The zero-order valence-electron chi connectivity index (χ0n) is 11.2. The first-order valence-corrected chi connectivity index (χ1v) is 7.05. The molecule has 2 unspecified atom stereocenters. The van der Waals surface area contributed by atoms with Crippen LogP contribution in [0, 0.1) is 0 Å². The smallest absolute Gasteiger partial charge is 0.316 e. The van der Waals surface area contributed by atoms with Crippen molar-refractivity contribution in [2.75, 3.05) is 12.4 Å². The van der Waals surface area contributed by atoms with Gasteiger partial charge in [0.2, 0.25) is 0 Å². The molecule has 2 atom stereocenters. The zero-order valence-corrected chi connectivity index (χ0v) is 12.0. The number of carbonyl (C=O) groups excluding carboxylic acids is 1. The number of hydrogen-bond donors (Lipinski definition) is 2. The van der Waals surface area contributed by atoms with Gasteiger partial charge in [-0.15, -0.1) is 11.8 Å². The number of rotatable bonds is 7. The normalized spacial score (nSPS) is 15.4. The number of aliphatic hydroxyl groups excluding tert-OH is 1. The molecule has 0 aliphatic heterocycles. The van der Waals surface area contributed by atoms with Gasteiger partial charge in [-0.3, -0.25) is 4.79 Å². The van der Waals surface area contributed by atoms with E-state index in [1.807, 2.05) is 27.7 Å². The number of thioether (sulfide) groups is 1. The molecule has 0 amide bonds. The second kappa shape index (κ2) is 7.95. The van der Waals surface area contributed by atoms with E-state index in [0.29, 0.717) is 0 Å². The number of aliphatic hydroxyl groups is 1. The zero-order chi connectivity index (χ0) is 13.5. The van der Waals surface area contributed by atoms with Crippen LogP contribution in [0.4, 0.5) is 0 Å². The second-order valence-electron chi connectivity index (χ2n) is 5.07. The highest BCUT2D eigenvalue weighted by molar-refractivity contribution is 8.00. The van der Waals surface area contributed by atoms with Gasteiger partial charge in [-0.2, -0.15) is 0 Å². The van der Waals surface area contributed by atoms with E-state index in [1.165, 1.54) is 11.8 Å². The molecule has 102 valence electrons. The first kappa shape index (κ1) is 16.7. The monoisotopic (exact) mass is 263 g/mol. The second-order valence-corrected chi connectivity index (χ2v) is 6.30. The van der Waals surface area contributed by atoms with Gasteiger partial charge < -0.3 is 15.6 Å². The van der Waals surface area contributed by atoms with Gasteiger partial charge >= 0.3 is 5.97 Å². The lowest BCUT2D eigenvalue weighted by molar-refractivity contribution is -0.151. The largest absolute Gasteiger partial charge is 0.459 e. The molecule has 0 rings (SSSR count). The predicted octanol–water partition coefficient (Wildman–Crippen LogP) is 1.55. The fraction of sp³-hybridized carbons (Fsp3) is 0.917. The Labute approximate surface area is 108 Å². The fourth-order valence-electron chi connectivity index (χ4n) is 1.38. The van der Waals surface area contributed by atoms with Crippen molar-refractivity contribution in [1.29, 1.82) is 0 Å². The van der Waals surface area contributed by atoms with Gasteiger partial charge in [0.15, 0.2) is 0 Å². The molecule has 0 heterocycles. The molecule has 17 heavy (non-hydrogen) atoms. The maximum Gasteiger partial charge on any atom is 0.316 e. The van der Waals surface area contributed by atoms with Crippen molar-refractivity contribution in [2.24, 2.45) is 5.73 Å². The lowest BCUT2D eigenvalue weighted by Gasteiger charge is -2.23. The first-order valence-electron chi connectivity index (χ1n) is 6.00. The summed E-state index contributed by atoms with van der Waals surface area (Å²) in [5.41, 5.74) is 5.46. The van der Waals surface area contributed by atoms with Crippen LogP contribution < -0.4 is 5.73 Å². The van der Waals surface area contributed by atoms with Crippen molar-refractivity contribution >= 4 is 17.7 Å².